The second-order valence-corrected chi connectivity index (χ2v) is 4.87. The number of ether oxygens (including phenoxy) is 2. The molecule has 0 aliphatic carbocycles. The van der Waals surface area contributed by atoms with Gasteiger partial charge in [0, 0.05) is 5.56 Å². The number of nitrogens with zero attached hydrogens (tertiary/aromatic N) is 1. The highest BCUT2D eigenvalue weighted by Crippen LogP contribution is 2.04. The lowest BCUT2D eigenvalue weighted by molar-refractivity contribution is -0.149. The van der Waals surface area contributed by atoms with E-state index in [2.05, 4.69) is 10.1 Å². The highest BCUT2D eigenvalue weighted by Gasteiger charge is 2.28. The molecule has 1 aromatic carbocycles. The van der Waals surface area contributed by atoms with Crippen molar-refractivity contribution in [3.63, 3.8) is 0 Å². The van der Waals surface area contributed by atoms with Gasteiger partial charge in [0.25, 0.3) is 11.8 Å². The topological polar surface area (TPSA) is 102 Å². The maximum atomic E-state index is 11.8. The van der Waals surface area contributed by atoms with Crippen LogP contribution in [0.1, 0.15) is 15.9 Å². The van der Waals surface area contributed by atoms with E-state index in [1.54, 1.807) is 18.2 Å². The maximum Gasteiger partial charge on any atom is 0.416 e. The van der Waals surface area contributed by atoms with Crippen LogP contribution in [0.15, 0.2) is 24.3 Å². The molecule has 1 saturated heterocycles. The van der Waals surface area contributed by atoms with Gasteiger partial charge >= 0.3 is 12.1 Å². The number of hydrogen-bond acceptors (Lipinski definition) is 6. The van der Waals surface area contributed by atoms with Gasteiger partial charge in [0.05, 0.1) is 6.54 Å². The molecular formula is C15H16N2O6. The van der Waals surface area contributed by atoms with Crippen LogP contribution >= 0.6 is 0 Å². The summed E-state index contributed by atoms with van der Waals surface area (Å²) < 4.78 is 9.32. The van der Waals surface area contributed by atoms with Crippen LogP contribution < -0.4 is 5.32 Å². The van der Waals surface area contributed by atoms with Crippen LogP contribution in [0.25, 0.3) is 0 Å². The number of nitrogens with one attached hydrogen (secondary N) is 1. The normalized spacial score (nSPS) is 13.4. The Labute approximate surface area is 132 Å². The molecule has 1 aliphatic rings. The van der Waals surface area contributed by atoms with Crippen molar-refractivity contribution in [3.8, 4) is 0 Å². The molecule has 1 N–H and O–H groups in total. The summed E-state index contributed by atoms with van der Waals surface area (Å²) in [5.41, 5.74) is 1.34. The lowest BCUT2D eigenvalue weighted by Gasteiger charge is -2.11. The van der Waals surface area contributed by atoms with Gasteiger partial charge in [-0.15, -0.1) is 0 Å². The first-order valence-electron chi connectivity index (χ1n) is 6.95. The minimum Gasteiger partial charge on any atom is -0.454 e. The number of aryl methyl sites for hydroxylation is 1. The van der Waals surface area contributed by atoms with Crippen molar-refractivity contribution in [2.45, 2.75) is 6.92 Å². The summed E-state index contributed by atoms with van der Waals surface area (Å²) >= 11 is 0. The van der Waals surface area contributed by atoms with Gasteiger partial charge in [-0.25, -0.2) is 9.69 Å². The van der Waals surface area contributed by atoms with Crippen molar-refractivity contribution in [3.05, 3.63) is 35.4 Å². The number of carbonyl (C=O) groups is 4. The van der Waals surface area contributed by atoms with E-state index in [4.69, 9.17) is 4.74 Å². The third-order valence-electron chi connectivity index (χ3n) is 3.09. The lowest BCUT2D eigenvalue weighted by Crippen LogP contribution is -2.37. The van der Waals surface area contributed by atoms with Crippen LogP contribution in [0.2, 0.25) is 0 Å². The van der Waals surface area contributed by atoms with Gasteiger partial charge in [-0.2, -0.15) is 0 Å². The summed E-state index contributed by atoms with van der Waals surface area (Å²) in [7, 11) is 0. The predicted octanol–water partition coefficient (Wildman–Crippen LogP) is 0.247. The number of cyclic esters (lactones) is 1. The molecule has 0 saturated carbocycles. The van der Waals surface area contributed by atoms with Crippen LogP contribution in [0, 0.1) is 6.92 Å². The minimum absolute atomic E-state index is 0.130. The van der Waals surface area contributed by atoms with E-state index >= 15 is 0 Å². The Hall–Kier alpha value is -2.90. The molecule has 0 atom stereocenters. The van der Waals surface area contributed by atoms with E-state index in [1.165, 1.54) is 0 Å². The van der Waals surface area contributed by atoms with E-state index in [1.807, 2.05) is 13.0 Å². The zero-order chi connectivity index (χ0) is 16.8. The Morgan fingerprint density at radius 2 is 2.13 bits per heavy atom. The SMILES string of the molecule is Cc1cccc(C(=O)NCC(=O)OCC(=O)N2CCOC2=O)c1. The van der Waals surface area contributed by atoms with Gasteiger partial charge < -0.3 is 14.8 Å². The molecule has 0 unspecified atom stereocenters. The average Bonchev–Trinajstić information content (AvgIpc) is 2.96. The number of amides is 3. The molecule has 0 aromatic heterocycles. The molecule has 0 radical (unpaired) electrons. The summed E-state index contributed by atoms with van der Waals surface area (Å²) in [5, 5.41) is 2.40. The first-order valence-corrected chi connectivity index (χ1v) is 6.95. The molecule has 122 valence electrons. The van der Waals surface area contributed by atoms with Crippen LogP contribution in [-0.4, -0.2) is 55.1 Å². The monoisotopic (exact) mass is 320 g/mol. The number of imide groups is 1. The van der Waals surface area contributed by atoms with Crippen LogP contribution in [-0.2, 0) is 19.1 Å². The van der Waals surface area contributed by atoms with Crippen molar-refractivity contribution < 1.29 is 28.7 Å². The van der Waals surface area contributed by atoms with Gasteiger partial charge in [0.15, 0.2) is 6.61 Å². The standard InChI is InChI=1S/C15H16N2O6/c1-10-3-2-4-11(7-10)14(20)16-8-13(19)23-9-12(18)17-5-6-22-15(17)21/h2-4,7H,5-6,8-9H2,1H3,(H,16,20). The zero-order valence-electron chi connectivity index (χ0n) is 12.5. The Morgan fingerprint density at radius 1 is 1.35 bits per heavy atom. The van der Waals surface area contributed by atoms with Gasteiger partial charge in [-0.05, 0) is 19.1 Å². The minimum atomic E-state index is -0.771. The smallest absolute Gasteiger partial charge is 0.416 e. The summed E-state index contributed by atoms with van der Waals surface area (Å²) in [6.45, 7) is 1.17. The Morgan fingerprint density at radius 3 is 2.78 bits per heavy atom. The molecule has 8 nitrogen and oxygen atoms in total. The third kappa shape index (κ3) is 4.53. The Balaban J connectivity index is 1.73. The average molecular weight is 320 g/mol. The highest BCUT2D eigenvalue weighted by molar-refractivity contribution is 5.97. The summed E-state index contributed by atoms with van der Waals surface area (Å²) in [6, 6.07) is 6.88. The van der Waals surface area contributed by atoms with Crippen molar-refractivity contribution >= 4 is 23.9 Å². The quantitative estimate of drug-likeness (QED) is 0.780. The number of hydrogen-bond donors (Lipinski definition) is 1. The van der Waals surface area contributed by atoms with Crippen molar-refractivity contribution in [2.24, 2.45) is 0 Å². The number of esters is 1. The fraction of sp³-hybridized carbons (Fsp3) is 0.333. The molecule has 0 bridgehead atoms. The van der Waals surface area contributed by atoms with E-state index in [0.717, 1.165) is 10.5 Å². The van der Waals surface area contributed by atoms with Gasteiger partial charge in [0.1, 0.15) is 13.2 Å². The molecular weight excluding hydrogens is 304 g/mol. The van der Waals surface area contributed by atoms with Crippen LogP contribution in [0.5, 0.6) is 0 Å². The number of carbonyl (C=O) groups excluding carboxylic acids is 4. The highest BCUT2D eigenvalue weighted by atomic mass is 16.6. The van der Waals surface area contributed by atoms with Crippen molar-refractivity contribution in [1.82, 2.24) is 10.2 Å². The summed E-state index contributed by atoms with van der Waals surface area (Å²) in [6.07, 6.45) is -0.751. The molecule has 1 aliphatic heterocycles. The van der Waals surface area contributed by atoms with E-state index in [9.17, 15) is 19.2 Å². The fourth-order valence-electron chi connectivity index (χ4n) is 1.93. The molecule has 1 fully saturated rings. The van der Waals surface area contributed by atoms with Gasteiger partial charge in [-0.3, -0.25) is 14.4 Å². The Bertz CT molecular complexity index is 643. The predicted molar refractivity (Wildman–Crippen MR) is 77.5 cm³/mol. The van der Waals surface area contributed by atoms with Gasteiger partial charge in [-0.1, -0.05) is 17.7 Å². The summed E-state index contributed by atoms with van der Waals surface area (Å²) in [4.78, 5) is 47.0. The van der Waals surface area contributed by atoms with Gasteiger partial charge in [0.2, 0.25) is 0 Å². The molecule has 1 aromatic rings. The number of rotatable bonds is 5. The van der Waals surface area contributed by atoms with E-state index in [0.29, 0.717) is 5.56 Å². The molecule has 1 heterocycles. The fourth-order valence-corrected chi connectivity index (χ4v) is 1.93. The molecule has 3 amide bonds. The third-order valence-corrected chi connectivity index (χ3v) is 3.09. The number of benzene rings is 1. The van der Waals surface area contributed by atoms with Crippen molar-refractivity contribution in [2.75, 3.05) is 26.3 Å². The largest absolute Gasteiger partial charge is 0.454 e. The first kappa shape index (κ1) is 16.5. The zero-order valence-corrected chi connectivity index (χ0v) is 12.5. The molecule has 8 heteroatoms. The first-order chi connectivity index (χ1) is 11.0. The van der Waals surface area contributed by atoms with Crippen LogP contribution in [0.3, 0.4) is 0 Å². The lowest BCUT2D eigenvalue weighted by atomic mass is 10.1. The van der Waals surface area contributed by atoms with E-state index in [-0.39, 0.29) is 19.7 Å². The Kier molecular flexibility index (Phi) is 5.29. The summed E-state index contributed by atoms with van der Waals surface area (Å²) in [5.74, 6) is -1.85. The second-order valence-electron chi connectivity index (χ2n) is 4.87. The molecule has 0 spiro atoms. The van der Waals surface area contributed by atoms with E-state index < -0.39 is 30.5 Å². The second kappa shape index (κ2) is 7.39. The maximum absolute atomic E-state index is 11.8. The van der Waals surface area contributed by atoms with Crippen molar-refractivity contribution in [1.29, 1.82) is 0 Å². The molecule has 2 rings (SSSR count). The molecule has 23 heavy (non-hydrogen) atoms. The van der Waals surface area contributed by atoms with Crippen LogP contribution in [0.4, 0.5) is 4.79 Å².